The van der Waals surface area contributed by atoms with Crippen LogP contribution >= 0.6 is 0 Å². The SMILES string of the molecule is OC[C@H]1O[C@H](O[C@H]2[C@H](O)[C@@H](O)[C@H](O)O[C@@H]2C(O)CCCCCCC2CCCCC2)[C@H](O)[C@@H](O)[C@@H]1O. The molecule has 3 fully saturated rings. The normalized spacial score (nSPS) is 42.2. The van der Waals surface area contributed by atoms with Crippen LogP contribution < -0.4 is 0 Å². The third kappa shape index (κ3) is 7.55. The van der Waals surface area contributed by atoms with Crippen LogP contribution in [0.5, 0.6) is 0 Å². The van der Waals surface area contributed by atoms with Crippen molar-refractivity contribution in [2.24, 2.45) is 5.92 Å². The summed E-state index contributed by atoms with van der Waals surface area (Å²) >= 11 is 0. The maximum atomic E-state index is 10.8. The van der Waals surface area contributed by atoms with Crippen molar-refractivity contribution in [3.63, 3.8) is 0 Å². The van der Waals surface area contributed by atoms with Gasteiger partial charge in [-0.2, -0.15) is 0 Å². The molecule has 0 aromatic carbocycles. The largest absolute Gasteiger partial charge is 0.394 e. The fourth-order valence-corrected chi connectivity index (χ4v) is 5.46. The smallest absolute Gasteiger partial charge is 0.187 e. The number of aliphatic hydroxyl groups excluding tert-OH is 8. The molecule has 1 aliphatic carbocycles. The molecule has 1 saturated carbocycles. The average molecular weight is 509 g/mol. The molecule has 3 aliphatic rings. The summed E-state index contributed by atoms with van der Waals surface area (Å²) in [7, 11) is 0. The van der Waals surface area contributed by atoms with Gasteiger partial charge in [-0.1, -0.05) is 64.2 Å². The fourth-order valence-electron chi connectivity index (χ4n) is 5.46. The minimum Gasteiger partial charge on any atom is -0.394 e. The van der Waals surface area contributed by atoms with Crippen molar-refractivity contribution in [3.8, 4) is 0 Å². The van der Waals surface area contributed by atoms with Crippen LogP contribution in [0.15, 0.2) is 0 Å². The Bertz CT molecular complexity index is 602. The molecule has 0 bridgehead atoms. The van der Waals surface area contributed by atoms with Crippen molar-refractivity contribution < 1.29 is 55.1 Å². The van der Waals surface area contributed by atoms with Gasteiger partial charge in [0.2, 0.25) is 0 Å². The third-order valence-corrected chi connectivity index (χ3v) is 7.70. The molecule has 35 heavy (non-hydrogen) atoms. The lowest BCUT2D eigenvalue weighted by atomic mass is 9.85. The summed E-state index contributed by atoms with van der Waals surface area (Å²) in [5.41, 5.74) is 0. The van der Waals surface area contributed by atoms with E-state index in [2.05, 4.69) is 0 Å². The van der Waals surface area contributed by atoms with Gasteiger partial charge in [0, 0.05) is 0 Å². The average Bonchev–Trinajstić information content (AvgIpc) is 2.86. The van der Waals surface area contributed by atoms with Crippen LogP contribution in [0.4, 0.5) is 0 Å². The summed E-state index contributed by atoms with van der Waals surface area (Å²) in [6, 6.07) is 0. The van der Waals surface area contributed by atoms with E-state index < -0.39 is 74.1 Å². The first-order valence-electron chi connectivity index (χ1n) is 13.1. The predicted octanol–water partition coefficient (Wildman–Crippen LogP) is -1.11. The second-order valence-electron chi connectivity index (χ2n) is 10.3. The van der Waals surface area contributed by atoms with Crippen LogP contribution in [0.25, 0.3) is 0 Å². The van der Waals surface area contributed by atoms with E-state index in [0.717, 1.165) is 25.2 Å². The summed E-state index contributed by atoms with van der Waals surface area (Å²) < 4.78 is 16.3. The van der Waals surface area contributed by atoms with Crippen LogP contribution in [0, 0.1) is 5.92 Å². The van der Waals surface area contributed by atoms with Crippen molar-refractivity contribution in [2.75, 3.05) is 6.61 Å². The summed E-state index contributed by atoms with van der Waals surface area (Å²) in [4.78, 5) is 0. The molecular formula is C24H44O11. The van der Waals surface area contributed by atoms with Crippen LogP contribution in [-0.2, 0) is 14.2 Å². The Morgan fingerprint density at radius 3 is 2.11 bits per heavy atom. The molecule has 0 amide bonds. The van der Waals surface area contributed by atoms with Gasteiger partial charge >= 0.3 is 0 Å². The molecule has 2 saturated heterocycles. The molecule has 2 aliphatic heterocycles. The zero-order valence-corrected chi connectivity index (χ0v) is 20.2. The fraction of sp³-hybridized carbons (Fsp3) is 1.00. The summed E-state index contributed by atoms with van der Waals surface area (Å²) in [5.74, 6) is 0.833. The number of hydrogen-bond donors (Lipinski definition) is 8. The lowest BCUT2D eigenvalue weighted by molar-refractivity contribution is -0.360. The molecule has 11 nitrogen and oxygen atoms in total. The zero-order valence-electron chi connectivity index (χ0n) is 20.2. The Hall–Kier alpha value is -0.440. The number of aliphatic hydroxyl groups is 8. The van der Waals surface area contributed by atoms with Gasteiger partial charge in [-0.25, -0.2) is 0 Å². The van der Waals surface area contributed by atoms with Crippen molar-refractivity contribution in [1.82, 2.24) is 0 Å². The minimum absolute atomic E-state index is 0.304. The maximum absolute atomic E-state index is 10.8. The van der Waals surface area contributed by atoms with Crippen LogP contribution in [0.3, 0.4) is 0 Å². The molecule has 0 spiro atoms. The van der Waals surface area contributed by atoms with Gasteiger partial charge in [-0.15, -0.1) is 0 Å². The number of unbranched alkanes of at least 4 members (excludes halogenated alkanes) is 3. The molecule has 0 aromatic heterocycles. The highest BCUT2D eigenvalue weighted by molar-refractivity contribution is 4.95. The Morgan fingerprint density at radius 2 is 1.43 bits per heavy atom. The molecular weight excluding hydrogens is 464 g/mol. The second-order valence-corrected chi connectivity index (χ2v) is 10.3. The lowest BCUT2D eigenvalue weighted by Crippen LogP contribution is -2.65. The molecule has 11 heteroatoms. The first kappa shape index (κ1) is 29.1. The van der Waals surface area contributed by atoms with E-state index in [1.54, 1.807) is 0 Å². The second kappa shape index (κ2) is 13.9. The molecule has 11 atom stereocenters. The molecule has 3 rings (SSSR count). The highest BCUT2D eigenvalue weighted by Crippen LogP contribution is 2.31. The van der Waals surface area contributed by atoms with E-state index in [1.807, 2.05) is 0 Å². The molecule has 1 unspecified atom stereocenters. The number of rotatable bonds is 11. The molecule has 2 heterocycles. The van der Waals surface area contributed by atoms with Crippen molar-refractivity contribution in [3.05, 3.63) is 0 Å². The Labute approximate surface area is 206 Å². The summed E-state index contributed by atoms with van der Waals surface area (Å²) in [5, 5.41) is 80.9. The van der Waals surface area contributed by atoms with Crippen molar-refractivity contribution in [2.45, 2.75) is 138 Å². The lowest BCUT2D eigenvalue weighted by Gasteiger charge is -2.46. The molecule has 206 valence electrons. The highest BCUT2D eigenvalue weighted by atomic mass is 16.7. The number of ether oxygens (including phenoxy) is 3. The number of hydrogen-bond acceptors (Lipinski definition) is 11. The van der Waals surface area contributed by atoms with Crippen molar-refractivity contribution in [1.29, 1.82) is 0 Å². The van der Waals surface area contributed by atoms with Crippen LogP contribution in [0.2, 0.25) is 0 Å². The minimum atomic E-state index is -1.75. The van der Waals surface area contributed by atoms with Gasteiger partial charge in [0.05, 0.1) is 12.7 Å². The van der Waals surface area contributed by atoms with E-state index in [-0.39, 0.29) is 0 Å². The highest BCUT2D eigenvalue weighted by Gasteiger charge is 2.51. The van der Waals surface area contributed by atoms with Gasteiger partial charge in [-0.05, 0) is 12.3 Å². The van der Waals surface area contributed by atoms with Gasteiger partial charge in [0.25, 0.3) is 0 Å². The van der Waals surface area contributed by atoms with E-state index in [1.165, 1.54) is 38.5 Å². The van der Waals surface area contributed by atoms with E-state index in [9.17, 15) is 40.9 Å². The zero-order chi connectivity index (χ0) is 25.5. The van der Waals surface area contributed by atoms with Crippen molar-refractivity contribution >= 4 is 0 Å². The van der Waals surface area contributed by atoms with E-state index >= 15 is 0 Å². The molecule has 0 radical (unpaired) electrons. The van der Waals surface area contributed by atoms with Gasteiger partial charge in [-0.3, -0.25) is 0 Å². The Balaban J connectivity index is 1.52. The van der Waals surface area contributed by atoms with E-state index in [0.29, 0.717) is 12.8 Å². The standard InChI is InChI=1S/C24H44O11/c25-12-15-16(27)17(28)20(31)24(33-15)35-22-18(29)19(30)23(32)34-21(22)14(26)11-7-2-1-4-8-13-9-5-3-6-10-13/h13-32H,1-12H2/t14?,15-,16-,17+,18-,19-,20-,21-,22+,23-,24-/m1/s1. The quantitative estimate of drug-likeness (QED) is 0.158. The predicted molar refractivity (Wildman–Crippen MR) is 122 cm³/mol. The van der Waals surface area contributed by atoms with Gasteiger partial charge in [0.1, 0.15) is 48.8 Å². The third-order valence-electron chi connectivity index (χ3n) is 7.70. The van der Waals surface area contributed by atoms with E-state index in [4.69, 9.17) is 14.2 Å². The maximum Gasteiger partial charge on any atom is 0.187 e. The Morgan fingerprint density at radius 1 is 0.743 bits per heavy atom. The monoisotopic (exact) mass is 508 g/mol. The first-order chi connectivity index (χ1) is 16.7. The van der Waals surface area contributed by atoms with Gasteiger partial charge < -0.3 is 55.1 Å². The Kier molecular flexibility index (Phi) is 11.6. The molecule has 8 N–H and O–H groups in total. The summed E-state index contributed by atoms with van der Waals surface area (Å²) in [6.07, 6.45) is -4.87. The van der Waals surface area contributed by atoms with Crippen LogP contribution in [0.1, 0.15) is 70.6 Å². The topological polar surface area (TPSA) is 190 Å². The molecule has 0 aromatic rings. The summed E-state index contributed by atoms with van der Waals surface area (Å²) in [6.45, 7) is -0.664. The van der Waals surface area contributed by atoms with Crippen LogP contribution in [-0.4, -0.2) is 115 Å². The first-order valence-corrected chi connectivity index (χ1v) is 13.1. The van der Waals surface area contributed by atoms with Gasteiger partial charge in [0.15, 0.2) is 12.6 Å².